The smallest absolute Gasteiger partial charge is 0.328 e. The van der Waals surface area contributed by atoms with Gasteiger partial charge < -0.3 is 15.2 Å². The molecule has 2 N–H and O–H groups in total. The zero-order valence-corrected chi connectivity index (χ0v) is 9.93. The van der Waals surface area contributed by atoms with Crippen LogP contribution in [0.25, 0.3) is 0 Å². The number of esters is 1. The van der Waals surface area contributed by atoms with E-state index in [0.29, 0.717) is 19.3 Å². The lowest BCUT2D eigenvalue weighted by Gasteiger charge is -2.15. The largest absolute Gasteiger partial charge is 0.481 e. The van der Waals surface area contributed by atoms with Crippen molar-refractivity contribution in [2.24, 2.45) is 11.8 Å². The Labute approximate surface area is 99.3 Å². The molecular weight excluding hydrogens is 226 g/mol. The maximum atomic E-state index is 11.7. The number of ether oxygens (including phenoxy) is 1. The summed E-state index contributed by atoms with van der Waals surface area (Å²) >= 11 is 0. The van der Waals surface area contributed by atoms with E-state index in [-0.39, 0.29) is 11.8 Å². The molecule has 0 aromatic rings. The van der Waals surface area contributed by atoms with Crippen LogP contribution in [0.4, 0.5) is 0 Å². The number of carbonyl (C=O) groups excluding carboxylic acids is 2. The molecule has 1 saturated carbocycles. The van der Waals surface area contributed by atoms with Crippen molar-refractivity contribution in [2.75, 3.05) is 7.11 Å². The summed E-state index contributed by atoms with van der Waals surface area (Å²) in [6.07, 6.45) is 1.41. The Morgan fingerprint density at radius 1 is 1.29 bits per heavy atom. The van der Waals surface area contributed by atoms with E-state index in [9.17, 15) is 14.4 Å². The lowest BCUT2D eigenvalue weighted by atomic mass is 10.0. The van der Waals surface area contributed by atoms with Gasteiger partial charge in [-0.25, -0.2) is 4.79 Å². The Morgan fingerprint density at radius 3 is 2.35 bits per heavy atom. The highest BCUT2D eigenvalue weighted by atomic mass is 16.5. The van der Waals surface area contributed by atoms with E-state index >= 15 is 0 Å². The molecule has 6 nitrogen and oxygen atoms in total. The van der Waals surface area contributed by atoms with Crippen LogP contribution >= 0.6 is 0 Å². The van der Waals surface area contributed by atoms with Crippen LogP contribution in [-0.2, 0) is 19.1 Å². The Hall–Kier alpha value is -1.59. The molecule has 0 radical (unpaired) electrons. The molecule has 1 aliphatic carbocycles. The van der Waals surface area contributed by atoms with Crippen LogP contribution in [0.2, 0.25) is 0 Å². The average Bonchev–Trinajstić information content (AvgIpc) is 2.77. The van der Waals surface area contributed by atoms with Gasteiger partial charge in [0.05, 0.1) is 13.0 Å². The molecule has 3 atom stereocenters. The number of carbonyl (C=O) groups is 3. The van der Waals surface area contributed by atoms with E-state index < -0.39 is 23.9 Å². The highest BCUT2D eigenvalue weighted by Crippen LogP contribution is 2.31. The summed E-state index contributed by atoms with van der Waals surface area (Å²) in [6.45, 7) is 1.54. The first-order valence-electron chi connectivity index (χ1n) is 5.56. The summed E-state index contributed by atoms with van der Waals surface area (Å²) in [5, 5.41) is 11.3. The molecule has 96 valence electrons. The minimum absolute atomic E-state index is 0.272. The monoisotopic (exact) mass is 243 g/mol. The number of nitrogens with one attached hydrogen (secondary N) is 1. The maximum absolute atomic E-state index is 11.7. The number of carboxylic acid groups (broad SMARTS) is 1. The van der Waals surface area contributed by atoms with Crippen molar-refractivity contribution in [3.8, 4) is 0 Å². The quantitative estimate of drug-likeness (QED) is 0.686. The van der Waals surface area contributed by atoms with Crippen molar-refractivity contribution in [3.63, 3.8) is 0 Å². The number of amides is 1. The van der Waals surface area contributed by atoms with Gasteiger partial charge in [0, 0.05) is 5.92 Å². The fourth-order valence-corrected chi connectivity index (χ4v) is 2.01. The molecule has 1 aliphatic rings. The predicted molar refractivity (Wildman–Crippen MR) is 58.1 cm³/mol. The molecule has 0 saturated heterocycles. The third-order valence-corrected chi connectivity index (χ3v) is 3.07. The average molecular weight is 243 g/mol. The minimum atomic E-state index is -0.860. The molecule has 1 fully saturated rings. The molecule has 1 amide bonds. The van der Waals surface area contributed by atoms with E-state index in [0.717, 1.165) is 0 Å². The fourth-order valence-electron chi connectivity index (χ4n) is 2.01. The van der Waals surface area contributed by atoms with Crippen molar-refractivity contribution < 1.29 is 24.2 Å². The first-order chi connectivity index (χ1) is 7.95. The van der Waals surface area contributed by atoms with Gasteiger partial charge in [0.2, 0.25) is 5.91 Å². The molecule has 17 heavy (non-hydrogen) atoms. The number of hydrogen-bond acceptors (Lipinski definition) is 4. The first-order valence-corrected chi connectivity index (χ1v) is 5.56. The van der Waals surface area contributed by atoms with Crippen molar-refractivity contribution in [2.45, 2.75) is 32.2 Å². The van der Waals surface area contributed by atoms with Crippen LogP contribution in [0, 0.1) is 11.8 Å². The van der Waals surface area contributed by atoms with Gasteiger partial charge in [0.15, 0.2) is 0 Å². The zero-order chi connectivity index (χ0) is 13.0. The zero-order valence-electron chi connectivity index (χ0n) is 9.93. The van der Waals surface area contributed by atoms with Crippen LogP contribution in [0.1, 0.15) is 26.2 Å². The van der Waals surface area contributed by atoms with E-state index in [1.54, 1.807) is 0 Å². The normalized spacial score (nSPS) is 25.1. The number of hydrogen-bond donors (Lipinski definition) is 2. The summed E-state index contributed by atoms with van der Waals surface area (Å²) in [5.41, 5.74) is 0. The van der Waals surface area contributed by atoms with Crippen LogP contribution in [-0.4, -0.2) is 36.1 Å². The van der Waals surface area contributed by atoms with Crippen molar-refractivity contribution in [1.82, 2.24) is 5.32 Å². The topological polar surface area (TPSA) is 92.7 Å². The lowest BCUT2D eigenvalue weighted by molar-refractivity contribution is -0.145. The third kappa shape index (κ3) is 3.44. The molecule has 1 rings (SSSR count). The first kappa shape index (κ1) is 13.5. The number of aliphatic carboxylic acids is 1. The van der Waals surface area contributed by atoms with Gasteiger partial charge in [-0.2, -0.15) is 0 Å². The highest BCUT2D eigenvalue weighted by molar-refractivity contribution is 5.86. The van der Waals surface area contributed by atoms with Crippen molar-refractivity contribution in [1.29, 1.82) is 0 Å². The predicted octanol–water partition coefficient (Wildman–Crippen LogP) is 0.165. The summed E-state index contributed by atoms with van der Waals surface area (Å²) in [4.78, 5) is 33.6. The summed E-state index contributed by atoms with van der Waals surface area (Å²) < 4.78 is 4.49. The lowest BCUT2D eigenvalue weighted by Crippen LogP contribution is -2.41. The van der Waals surface area contributed by atoms with Gasteiger partial charge in [-0.05, 0) is 26.2 Å². The fraction of sp³-hybridized carbons (Fsp3) is 0.727. The summed E-state index contributed by atoms with van der Waals surface area (Å²) in [5.74, 6) is -2.40. The molecule has 6 heteroatoms. The van der Waals surface area contributed by atoms with Crippen LogP contribution in [0.5, 0.6) is 0 Å². The Morgan fingerprint density at radius 2 is 1.88 bits per heavy atom. The summed E-state index contributed by atoms with van der Waals surface area (Å²) in [7, 11) is 1.25. The van der Waals surface area contributed by atoms with E-state index in [1.807, 2.05) is 0 Å². The second-order valence-corrected chi connectivity index (χ2v) is 4.30. The molecule has 0 aromatic carbocycles. The third-order valence-electron chi connectivity index (χ3n) is 3.07. The van der Waals surface area contributed by atoms with E-state index in [1.165, 1.54) is 14.0 Å². The van der Waals surface area contributed by atoms with Crippen molar-refractivity contribution in [3.05, 3.63) is 0 Å². The molecule has 0 bridgehead atoms. The molecule has 0 heterocycles. The van der Waals surface area contributed by atoms with Gasteiger partial charge >= 0.3 is 11.9 Å². The second-order valence-electron chi connectivity index (χ2n) is 4.30. The Bertz CT molecular complexity index is 328. The summed E-state index contributed by atoms with van der Waals surface area (Å²) in [6, 6.07) is -0.698. The molecule has 0 spiro atoms. The van der Waals surface area contributed by atoms with Gasteiger partial charge in [-0.15, -0.1) is 0 Å². The molecular formula is C11H17NO5. The van der Waals surface area contributed by atoms with E-state index in [2.05, 4.69) is 10.1 Å². The van der Waals surface area contributed by atoms with Gasteiger partial charge in [-0.3, -0.25) is 9.59 Å². The van der Waals surface area contributed by atoms with Crippen molar-refractivity contribution >= 4 is 17.8 Å². The molecule has 0 unspecified atom stereocenters. The van der Waals surface area contributed by atoms with Crippen LogP contribution < -0.4 is 5.32 Å². The SMILES string of the molecule is COC(=O)[C@H](C)NC(=O)[C@@H]1CC[C@H](C(=O)O)C1. The van der Waals surface area contributed by atoms with Gasteiger partial charge in [-0.1, -0.05) is 0 Å². The second kappa shape index (κ2) is 5.65. The van der Waals surface area contributed by atoms with Crippen LogP contribution in [0.15, 0.2) is 0 Å². The highest BCUT2D eigenvalue weighted by Gasteiger charge is 2.34. The molecule has 0 aliphatic heterocycles. The Balaban J connectivity index is 2.45. The Kier molecular flexibility index (Phi) is 4.48. The van der Waals surface area contributed by atoms with E-state index in [4.69, 9.17) is 5.11 Å². The maximum Gasteiger partial charge on any atom is 0.328 e. The van der Waals surface area contributed by atoms with Gasteiger partial charge in [0.1, 0.15) is 6.04 Å². The van der Waals surface area contributed by atoms with Crippen LogP contribution in [0.3, 0.4) is 0 Å². The number of methoxy groups -OCH3 is 1. The number of carboxylic acids is 1. The standard InChI is InChI=1S/C11H17NO5/c1-6(11(16)17-2)12-9(13)7-3-4-8(5-7)10(14)15/h6-8H,3-5H2,1-2H3,(H,12,13)(H,14,15)/t6-,7+,8-/m0/s1. The number of rotatable bonds is 4. The van der Waals surface area contributed by atoms with Gasteiger partial charge in [0.25, 0.3) is 0 Å². The molecule has 0 aromatic heterocycles. The minimum Gasteiger partial charge on any atom is -0.481 e.